The Morgan fingerprint density at radius 2 is 2.36 bits per heavy atom. The lowest BCUT2D eigenvalue weighted by atomic mass is 10.2. The first-order valence-corrected chi connectivity index (χ1v) is 5.01. The largest absolute Gasteiger partial charge is 0.364 e. The van der Waals surface area contributed by atoms with Gasteiger partial charge in [-0.2, -0.15) is 0 Å². The van der Waals surface area contributed by atoms with Crippen LogP contribution >= 0.6 is 0 Å². The molecular weight excluding hydrogens is 182 g/mol. The van der Waals surface area contributed by atoms with Crippen LogP contribution in [0.15, 0.2) is 0 Å². The molecule has 1 heterocycles. The van der Waals surface area contributed by atoms with Crippen LogP contribution < -0.4 is 11.3 Å². The standard InChI is InChI=1S/C9H19N3O2/c1-3-12(2)6-7-4-5-8(14-7)9(13)11-10/h7-8H,3-6,10H2,1-2H3,(H,11,13). The zero-order valence-electron chi connectivity index (χ0n) is 8.82. The van der Waals surface area contributed by atoms with E-state index in [1.807, 2.05) is 7.05 Å². The van der Waals surface area contributed by atoms with Crippen molar-refractivity contribution in [2.75, 3.05) is 20.1 Å². The number of nitrogens with two attached hydrogens (primary N) is 1. The number of likely N-dealkylation sites (N-methyl/N-ethyl adjacent to an activating group) is 1. The highest BCUT2D eigenvalue weighted by atomic mass is 16.5. The Morgan fingerprint density at radius 1 is 1.64 bits per heavy atom. The maximum atomic E-state index is 11.1. The molecule has 0 aromatic rings. The van der Waals surface area contributed by atoms with Gasteiger partial charge in [-0.3, -0.25) is 10.2 Å². The smallest absolute Gasteiger partial charge is 0.263 e. The molecule has 1 fully saturated rings. The molecule has 1 aliphatic rings. The molecule has 1 saturated heterocycles. The van der Waals surface area contributed by atoms with Gasteiger partial charge in [-0.25, -0.2) is 5.84 Å². The maximum Gasteiger partial charge on any atom is 0.263 e. The summed E-state index contributed by atoms with van der Waals surface area (Å²) in [6, 6.07) is 0. The maximum absolute atomic E-state index is 11.1. The minimum absolute atomic E-state index is 0.169. The number of rotatable bonds is 4. The number of nitrogens with zero attached hydrogens (tertiary/aromatic N) is 1. The Balaban J connectivity index is 2.30. The molecule has 0 bridgehead atoms. The molecule has 0 aliphatic carbocycles. The normalized spacial score (nSPS) is 26.9. The Hall–Kier alpha value is -0.650. The van der Waals surface area contributed by atoms with E-state index in [0.29, 0.717) is 0 Å². The van der Waals surface area contributed by atoms with E-state index in [1.165, 1.54) is 0 Å². The van der Waals surface area contributed by atoms with Crippen molar-refractivity contribution in [2.45, 2.75) is 32.0 Å². The van der Waals surface area contributed by atoms with Gasteiger partial charge in [-0.1, -0.05) is 6.92 Å². The van der Waals surface area contributed by atoms with Gasteiger partial charge in [0.25, 0.3) is 5.91 Å². The first kappa shape index (κ1) is 11.4. The Kier molecular flexibility index (Phi) is 4.31. The topological polar surface area (TPSA) is 67.6 Å². The van der Waals surface area contributed by atoms with E-state index in [4.69, 9.17) is 10.6 Å². The quantitative estimate of drug-likeness (QED) is 0.365. The Bertz CT molecular complexity index is 198. The molecule has 2 atom stereocenters. The summed E-state index contributed by atoms with van der Waals surface area (Å²) in [5.74, 6) is 4.82. The van der Waals surface area contributed by atoms with Gasteiger partial charge in [-0.15, -0.1) is 0 Å². The van der Waals surface area contributed by atoms with E-state index in [0.717, 1.165) is 25.9 Å². The van der Waals surface area contributed by atoms with Crippen LogP contribution in [0.2, 0.25) is 0 Å². The van der Waals surface area contributed by atoms with Crippen LogP contribution in [-0.4, -0.2) is 43.2 Å². The van der Waals surface area contributed by atoms with Gasteiger partial charge in [0, 0.05) is 6.54 Å². The molecule has 0 radical (unpaired) electrons. The number of carbonyl (C=O) groups is 1. The van der Waals surface area contributed by atoms with Crippen molar-refractivity contribution in [1.82, 2.24) is 10.3 Å². The number of hydrogen-bond donors (Lipinski definition) is 2. The average Bonchev–Trinajstić information content (AvgIpc) is 2.65. The third-order valence-corrected chi connectivity index (χ3v) is 2.60. The van der Waals surface area contributed by atoms with E-state index >= 15 is 0 Å². The minimum Gasteiger partial charge on any atom is -0.364 e. The van der Waals surface area contributed by atoms with Crippen LogP contribution in [-0.2, 0) is 9.53 Å². The lowest BCUT2D eigenvalue weighted by molar-refractivity contribution is -0.132. The van der Waals surface area contributed by atoms with Crippen molar-refractivity contribution in [3.63, 3.8) is 0 Å². The summed E-state index contributed by atoms with van der Waals surface area (Å²) in [7, 11) is 2.04. The Labute approximate surface area is 84.5 Å². The first-order chi connectivity index (χ1) is 6.67. The van der Waals surface area contributed by atoms with Crippen LogP contribution in [0.4, 0.5) is 0 Å². The molecule has 1 amide bonds. The Morgan fingerprint density at radius 3 is 2.93 bits per heavy atom. The predicted octanol–water partition coefficient (Wildman–Crippen LogP) is -0.524. The van der Waals surface area contributed by atoms with Gasteiger partial charge in [0.1, 0.15) is 6.10 Å². The molecule has 5 heteroatoms. The highest BCUT2D eigenvalue weighted by Crippen LogP contribution is 2.20. The minimum atomic E-state index is -0.352. The number of ether oxygens (including phenoxy) is 1. The second-order valence-corrected chi connectivity index (χ2v) is 3.69. The molecule has 0 aromatic carbocycles. The van der Waals surface area contributed by atoms with Gasteiger partial charge < -0.3 is 9.64 Å². The van der Waals surface area contributed by atoms with Gasteiger partial charge in [-0.05, 0) is 26.4 Å². The van der Waals surface area contributed by atoms with Crippen molar-refractivity contribution in [3.8, 4) is 0 Å². The van der Waals surface area contributed by atoms with Gasteiger partial charge >= 0.3 is 0 Å². The lowest BCUT2D eigenvalue weighted by Gasteiger charge is -2.19. The molecule has 82 valence electrons. The summed E-state index contributed by atoms with van der Waals surface area (Å²) >= 11 is 0. The molecule has 0 saturated carbocycles. The van der Waals surface area contributed by atoms with E-state index in [2.05, 4.69) is 17.2 Å². The summed E-state index contributed by atoms with van der Waals surface area (Å²) in [6.07, 6.45) is 1.52. The number of hydrazine groups is 1. The molecule has 14 heavy (non-hydrogen) atoms. The molecular formula is C9H19N3O2. The highest BCUT2D eigenvalue weighted by molar-refractivity contribution is 5.80. The zero-order valence-corrected chi connectivity index (χ0v) is 8.82. The molecule has 1 rings (SSSR count). The molecule has 0 spiro atoms. The van der Waals surface area contributed by atoms with E-state index in [1.54, 1.807) is 0 Å². The fourth-order valence-corrected chi connectivity index (χ4v) is 1.60. The fourth-order valence-electron chi connectivity index (χ4n) is 1.60. The van der Waals surface area contributed by atoms with Crippen LogP contribution in [0.5, 0.6) is 0 Å². The molecule has 1 aliphatic heterocycles. The molecule has 2 unspecified atom stereocenters. The summed E-state index contributed by atoms with van der Waals surface area (Å²) in [6.45, 7) is 3.97. The van der Waals surface area contributed by atoms with E-state index in [-0.39, 0.29) is 18.1 Å². The summed E-state index contributed by atoms with van der Waals surface area (Å²) in [4.78, 5) is 13.3. The first-order valence-electron chi connectivity index (χ1n) is 5.01. The molecule has 5 nitrogen and oxygen atoms in total. The van der Waals surface area contributed by atoms with Crippen molar-refractivity contribution >= 4 is 5.91 Å². The lowest BCUT2D eigenvalue weighted by Crippen LogP contribution is -2.39. The number of amides is 1. The SMILES string of the molecule is CCN(C)CC1CCC(C(=O)NN)O1. The van der Waals surface area contributed by atoms with Crippen LogP contribution in [0.25, 0.3) is 0 Å². The van der Waals surface area contributed by atoms with Crippen LogP contribution in [0.3, 0.4) is 0 Å². The van der Waals surface area contributed by atoms with Crippen molar-refractivity contribution in [2.24, 2.45) is 5.84 Å². The van der Waals surface area contributed by atoms with Crippen LogP contribution in [0.1, 0.15) is 19.8 Å². The summed E-state index contributed by atoms with van der Waals surface area (Å²) in [5, 5.41) is 0. The monoisotopic (exact) mass is 201 g/mol. The third kappa shape index (κ3) is 2.94. The predicted molar refractivity (Wildman–Crippen MR) is 53.4 cm³/mol. The summed E-state index contributed by atoms with van der Waals surface area (Å²) in [5.41, 5.74) is 2.12. The fraction of sp³-hybridized carbons (Fsp3) is 0.889. The number of carbonyl (C=O) groups excluding carboxylic acids is 1. The highest BCUT2D eigenvalue weighted by Gasteiger charge is 2.30. The van der Waals surface area contributed by atoms with Gasteiger partial charge in [0.05, 0.1) is 6.10 Å². The molecule has 0 aromatic heterocycles. The summed E-state index contributed by atoms with van der Waals surface area (Å²) < 4.78 is 5.55. The second kappa shape index (κ2) is 5.29. The average molecular weight is 201 g/mol. The van der Waals surface area contributed by atoms with Gasteiger partial charge in [0.15, 0.2) is 0 Å². The van der Waals surface area contributed by atoms with Crippen molar-refractivity contribution in [1.29, 1.82) is 0 Å². The zero-order chi connectivity index (χ0) is 10.6. The third-order valence-electron chi connectivity index (χ3n) is 2.60. The van der Waals surface area contributed by atoms with Gasteiger partial charge in [0.2, 0.25) is 0 Å². The number of hydrogen-bond acceptors (Lipinski definition) is 4. The second-order valence-electron chi connectivity index (χ2n) is 3.69. The van der Waals surface area contributed by atoms with Crippen LogP contribution in [0, 0.1) is 0 Å². The van der Waals surface area contributed by atoms with E-state index in [9.17, 15) is 4.79 Å². The molecule has 3 N–H and O–H groups in total. The van der Waals surface area contributed by atoms with Crippen molar-refractivity contribution < 1.29 is 9.53 Å². The van der Waals surface area contributed by atoms with E-state index < -0.39 is 0 Å². The number of nitrogens with one attached hydrogen (secondary N) is 1. The van der Waals surface area contributed by atoms with Crippen molar-refractivity contribution in [3.05, 3.63) is 0 Å².